The zero-order chi connectivity index (χ0) is 12.7. The van der Waals surface area contributed by atoms with Crippen molar-refractivity contribution in [2.24, 2.45) is 0 Å². The van der Waals surface area contributed by atoms with Crippen LogP contribution in [0, 0.1) is 11.2 Å². The van der Waals surface area contributed by atoms with E-state index in [4.69, 9.17) is 5.41 Å². The van der Waals surface area contributed by atoms with E-state index in [0.717, 1.165) is 11.1 Å². The molecule has 90 valence electrons. The summed E-state index contributed by atoms with van der Waals surface area (Å²) in [6, 6.07) is 12.6. The minimum atomic E-state index is -0.318. The molecule has 1 heterocycles. The molecule has 0 unspecified atom stereocenters. The van der Waals surface area contributed by atoms with Crippen molar-refractivity contribution in [3.63, 3.8) is 0 Å². The van der Waals surface area contributed by atoms with Crippen molar-refractivity contribution in [2.75, 3.05) is 4.90 Å². The minimum Gasteiger partial charge on any atom is -0.319 e. The first-order valence-corrected chi connectivity index (χ1v) is 6.35. The van der Waals surface area contributed by atoms with Gasteiger partial charge in [0.25, 0.3) is 0 Å². The van der Waals surface area contributed by atoms with Gasteiger partial charge in [-0.25, -0.2) is 4.39 Å². The molecule has 0 bridgehead atoms. The lowest BCUT2D eigenvalue weighted by Gasteiger charge is -2.18. The molecule has 1 aliphatic heterocycles. The third-order valence-corrected chi connectivity index (χ3v) is 3.56. The maximum absolute atomic E-state index is 13.9. The second-order valence-corrected chi connectivity index (χ2v) is 5.10. The van der Waals surface area contributed by atoms with Crippen LogP contribution in [0.25, 0.3) is 0 Å². The highest BCUT2D eigenvalue weighted by atomic mass is 79.9. The summed E-state index contributed by atoms with van der Waals surface area (Å²) in [5, 5.41) is 8.12. The van der Waals surface area contributed by atoms with Gasteiger partial charge in [0, 0.05) is 10.0 Å². The topological polar surface area (TPSA) is 27.1 Å². The summed E-state index contributed by atoms with van der Waals surface area (Å²) in [5.41, 5.74) is 2.38. The van der Waals surface area contributed by atoms with Gasteiger partial charge in [0.15, 0.2) is 0 Å². The number of nitrogens with zero attached hydrogens (tertiary/aromatic N) is 1. The molecule has 0 spiro atoms. The minimum absolute atomic E-state index is 0.318. The average molecular weight is 305 g/mol. The van der Waals surface area contributed by atoms with E-state index in [2.05, 4.69) is 15.9 Å². The third kappa shape index (κ3) is 1.73. The van der Waals surface area contributed by atoms with E-state index in [1.165, 1.54) is 6.07 Å². The van der Waals surface area contributed by atoms with Gasteiger partial charge in [0.05, 0.1) is 12.2 Å². The number of fused-ring (bicyclic) bond motifs is 1. The van der Waals surface area contributed by atoms with E-state index in [1.807, 2.05) is 24.3 Å². The summed E-state index contributed by atoms with van der Waals surface area (Å²) in [5.74, 6) is 0.0359. The van der Waals surface area contributed by atoms with Crippen LogP contribution in [0.3, 0.4) is 0 Å². The molecule has 0 saturated heterocycles. The number of rotatable bonds is 1. The second kappa shape index (κ2) is 4.21. The molecule has 0 fully saturated rings. The van der Waals surface area contributed by atoms with Crippen molar-refractivity contribution in [1.82, 2.24) is 0 Å². The van der Waals surface area contributed by atoms with Crippen molar-refractivity contribution in [2.45, 2.75) is 6.54 Å². The van der Waals surface area contributed by atoms with Gasteiger partial charge in [-0.15, -0.1) is 0 Å². The predicted octanol–water partition coefficient (Wildman–Crippen LogP) is 3.93. The smallest absolute Gasteiger partial charge is 0.148 e. The van der Waals surface area contributed by atoms with Crippen LogP contribution in [0.2, 0.25) is 0 Å². The van der Waals surface area contributed by atoms with Crippen LogP contribution in [0.4, 0.5) is 10.1 Å². The van der Waals surface area contributed by atoms with Crippen LogP contribution < -0.4 is 4.90 Å². The first-order valence-electron chi connectivity index (χ1n) is 5.56. The predicted molar refractivity (Wildman–Crippen MR) is 73.6 cm³/mol. The summed E-state index contributed by atoms with van der Waals surface area (Å²) in [6.45, 7) is 0.549. The van der Waals surface area contributed by atoms with Crippen molar-refractivity contribution in [1.29, 1.82) is 5.41 Å². The molecule has 1 aliphatic rings. The zero-order valence-electron chi connectivity index (χ0n) is 9.45. The number of nitrogens with one attached hydrogen (secondary N) is 1. The fourth-order valence-corrected chi connectivity index (χ4v) is 2.52. The van der Waals surface area contributed by atoms with Gasteiger partial charge in [-0.1, -0.05) is 40.2 Å². The van der Waals surface area contributed by atoms with Crippen LogP contribution in [-0.2, 0) is 6.54 Å². The Kier molecular flexibility index (Phi) is 2.67. The summed E-state index contributed by atoms with van der Waals surface area (Å²) in [6.07, 6.45) is 0. The highest BCUT2D eigenvalue weighted by molar-refractivity contribution is 9.10. The molecule has 2 aromatic carbocycles. The Morgan fingerprint density at radius 1 is 1.17 bits per heavy atom. The summed E-state index contributed by atoms with van der Waals surface area (Å²) < 4.78 is 14.6. The van der Waals surface area contributed by atoms with Gasteiger partial charge in [-0.2, -0.15) is 0 Å². The Balaban J connectivity index is 2.04. The van der Waals surface area contributed by atoms with Crippen LogP contribution in [0.5, 0.6) is 0 Å². The maximum atomic E-state index is 13.9. The third-order valence-electron chi connectivity index (χ3n) is 3.07. The van der Waals surface area contributed by atoms with E-state index in [0.29, 0.717) is 22.5 Å². The van der Waals surface area contributed by atoms with Gasteiger partial charge in [-0.05, 0) is 23.8 Å². The van der Waals surface area contributed by atoms with Crippen LogP contribution >= 0.6 is 15.9 Å². The lowest BCUT2D eigenvalue weighted by Crippen LogP contribution is -2.24. The van der Waals surface area contributed by atoms with Gasteiger partial charge in [0.2, 0.25) is 0 Å². The quantitative estimate of drug-likeness (QED) is 0.849. The summed E-state index contributed by atoms with van der Waals surface area (Å²) in [7, 11) is 0. The maximum Gasteiger partial charge on any atom is 0.148 e. The van der Waals surface area contributed by atoms with Gasteiger partial charge in [-0.3, -0.25) is 5.41 Å². The zero-order valence-corrected chi connectivity index (χ0v) is 11.0. The molecular formula is C14H10BrFN2. The molecule has 0 aromatic heterocycles. The molecule has 0 aliphatic carbocycles. The molecule has 4 heteroatoms. The lowest BCUT2D eigenvalue weighted by molar-refractivity contribution is 0.625. The molecule has 2 aromatic rings. The van der Waals surface area contributed by atoms with Gasteiger partial charge < -0.3 is 4.90 Å². The van der Waals surface area contributed by atoms with Crippen LogP contribution in [-0.4, -0.2) is 5.84 Å². The molecule has 18 heavy (non-hydrogen) atoms. The highest BCUT2D eigenvalue weighted by Gasteiger charge is 2.26. The lowest BCUT2D eigenvalue weighted by atomic mass is 10.1. The monoisotopic (exact) mass is 304 g/mol. The number of amidine groups is 1. The molecule has 2 nitrogen and oxygen atoms in total. The Labute approximate surface area is 113 Å². The number of benzene rings is 2. The average Bonchev–Trinajstić information content (AvgIpc) is 2.68. The van der Waals surface area contributed by atoms with Gasteiger partial charge >= 0.3 is 0 Å². The highest BCUT2D eigenvalue weighted by Crippen LogP contribution is 2.31. The number of anilines is 1. The Bertz CT molecular complexity index is 639. The fraction of sp³-hybridized carbons (Fsp3) is 0.0714. The largest absolute Gasteiger partial charge is 0.319 e. The second-order valence-electron chi connectivity index (χ2n) is 4.19. The van der Waals surface area contributed by atoms with E-state index < -0.39 is 0 Å². The molecule has 0 radical (unpaired) electrons. The van der Waals surface area contributed by atoms with E-state index in [9.17, 15) is 4.39 Å². The first-order chi connectivity index (χ1) is 8.66. The number of hydrogen-bond acceptors (Lipinski definition) is 1. The van der Waals surface area contributed by atoms with E-state index >= 15 is 0 Å². The molecule has 3 rings (SSSR count). The van der Waals surface area contributed by atoms with Crippen molar-refractivity contribution in [3.05, 3.63) is 63.9 Å². The van der Waals surface area contributed by atoms with Crippen molar-refractivity contribution in [3.8, 4) is 0 Å². The van der Waals surface area contributed by atoms with Gasteiger partial charge in [0.1, 0.15) is 11.7 Å². The normalized spacial score (nSPS) is 13.9. The molecule has 0 atom stereocenters. The molecule has 0 amide bonds. The first kappa shape index (κ1) is 11.4. The Morgan fingerprint density at radius 2 is 1.94 bits per heavy atom. The summed E-state index contributed by atoms with van der Waals surface area (Å²) >= 11 is 3.24. The number of halogens is 2. The number of hydrogen-bond donors (Lipinski definition) is 1. The molecular weight excluding hydrogens is 295 g/mol. The van der Waals surface area contributed by atoms with E-state index in [-0.39, 0.29) is 5.82 Å². The molecule has 0 saturated carbocycles. The Morgan fingerprint density at radius 3 is 2.67 bits per heavy atom. The SMILES string of the molecule is N=C1c2ccccc2CN1c1ccc(Br)cc1F. The fourth-order valence-electron chi connectivity index (χ4n) is 2.19. The van der Waals surface area contributed by atoms with E-state index in [1.54, 1.807) is 17.0 Å². The Hall–Kier alpha value is -1.68. The van der Waals surface area contributed by atoms with Crippen molar-refractivity contribution < 1.29 is 4.39 Å². The summed E-state index contributed by atoms with van der Waals surface area (Å²) in [4.78, 5) is 1.69. The standard InChI is InChI=1S/C14H10BrFN2/c15-10-5-6-13(12(16)7-10)18-8-9-3-1-2-4-11(9)14(18)17/h1-7,17H,8H2. The van der Waals surface area contributed by atoms with Crippen LogP contribution in [0.1, 0.15) is 11.1 Å². The molecule has 1 N–H and O–H groups in total. The van der Waals surface area contributed by atoms with Crippen LogP contribution in [0.15, 0.2) is 46.9 Å². The van der Waals surface area contributed by atoms with Crippen molar-refractivity contribution >= 4 is 27.5 Å².